The second-order valence-corrected chi connectivity index (χ2v) is 9.29. The van der Waals surface area contributed by atoms with Crippen LogP contribution in [0.3, 0.4) is 0 Å². The summed E-state index contributed by atoms with van der Waals surface area (Å²) in [6.07, 6.45) is 0.336. The zero-order valence-electron chi connectivity index (χ0n) is 19.9. The molecule has 1 aromatic carbocycles. The smallest absolute Gasteiger partial charge is 0.253 e. The summed E-state index contributed by atoms with van der Waals surface area (Å²) in [5, 5.41) is 3.50. The Bertz CT molecular complexity index is 833. The Labute approximate surface area is 202 Å². The molecule has 3 rings (SSSR count). The van der Waals surface area contributed by atoms with Gasteiger partial charge in [-0.2, -0.15) is 0 Å². The molecule has 1 unspecified atom stereocenters. The number of hydrogen-bond acceptors (Lipinski definition) is 7. The highest BCUT2D eigenvalue weighted by Crippen LogP contribution is 2.31. The molecule has 0 aliphatic carbocycles. The highest BCUT2D eigenvalue weighted by molar-refractivity contribution is 6.29. The van der Waals surface area contributed by atoms with Crippen molar-refractivity contribution in [2.75, 3.05) is 59.6 Å². The standard InChI is InChI=1S/C24H37ClN4O4/c1-17(2)13-29(14-18-5-6-20-21(11-18)32-9-4-8-31-20)24(30)22-16-28(7-10-33-22)15-19(12-26)23(25)27-3/h5-6,11,17,22,27H,4,7-10,12-16,26H2,1-3H3/b23-19+. The maximum absolute atomic E-state index is 13.5. The van der Waals surface area contributed by atoms with Crippen LogP contribution in [0, 0.1) is 5.92 Å². The number of nitrogens with two attached hydrogens (primary N) is 1. The fourth-order valence-corrected chi connectivity index (χ4v) is 4.21. The number of ether oxygens (including phenoxy) is 3. The van der Waals surface area contributed by atoms with Gasteiger partial charge >= 0.3 is 0 Å². The molecule has 3 N–H and O–H groups in total. The first kappa shape index (κ1) is 25.6. The number of carbonyl (C=O) groups is 1. The van der Waals surface area contributed by atoms with Gasteiger partial charge in [0.05, 0.1) is 19.8 Å². The summed E-state index contributed by atoms with van der Waals surface area (Å²) in [7, 11) is 1.77. The van der Waals surface area contributed by atoms with E-state index in [0.717, 1.165) is 35.6 Å². The minimum Gasteiger partial charge on any atom is -0.490 e. The molecule has 0 saturated carbocycles. The molecule has 1 saturated heterocycles. The Balaban J connectivity index is 1.70. The zero-order chi connectivity index (χ0) is 23.8. The van der Waals surface area contributed by atoms with Crippen molar-refractivity contribution in [3.8, 4) is 11.5 Å². The number of hydrogen-bond donors (Lipinski definition) is 2. The Kier molecular flexibility index (Phi) is 9.67. The van der Waals surface area contributed by atoms with E-state index in [1.807, 2.05) is 23.1 Å². The molecule has 0 spiro atoms. The summed E-state index contributed by atoms with van der Waals surface area (Å²) in [5.74, 6) is 1.83. The minimum atomic E-state index is -0.523. The summed E-state index contributed by atoms with van der Waals surface area (Å²) in [6.45, 7) is 9.34. The predicted octanol–water partition coefficient (Wildman–Crippen LogP) is 2.16. The molecule has 0 aromatic heterocycles. The second kappa shape index (κ2) is 12.5. The Morgan fingerprint density at radius 1 is 1.27 bits per heavy atom. The molecule has 9 heteroatoms. The molecule has 33 heavy (non-hydrogen) atoms. The normalized spacial score (nSPS) is 19.6. The lowest BCUT2D eigenvalue weighted by Gasteiger charge is -2.36. The van der Waals surface area contributed by atoms with Gasteiger partial charge in [-0.15, -0.1) is 0 Å². The predicted molar refractivity (Wildman–Crippen MR) is 129 cm³/mol. The van der Waals surface area contributed by atoms with Gasteiger partial charge in [0.1, 0.15) is 11.3 Å². The zero-order valence-corrected chi connectivity index (χ0v) is 20.7. The number of rotatable bonds is 9. The van der Waals surface area contributed by atoms with Gasteiger partial charge in [-0.25, -0.2) is 0 Å². The number of morpholine rings is 1. The van der Waals surface area contributed by atoms with Crippen molar-refractivity contribution in [3.63, 3.8) is 0 Å². The van der Waals surface area contributed by atoms with Crippen LogP contribution in [0.1, 0.15) is 25.8 Å². The highest BCUT2D eigenvalue weighted by Gasteiger charge is 2.31. The molecular weight excluding hydrogens is 444 g/mol. The highest BCUT2D eigenvalue weighted by atomic mass is 35.5. The number of fused-ring (bicyclic) bond motifs is 1. The van der Waals surface area contributed by atoms with Crippen LogP contribution in [0.5, 0.6) is 11.5 Å². The first-order valence-electron chi connectivity index (χ1n) is 11.7. The first-order chi connectivity index (χ1) is 15.9. The number of nitrogens with zero attached hydrogens (tertiary/aromatic N) is 2. The van der Waals surface area contributed by atoms with E-state index in [1.165, 1.54) is 0 Å². The Morgan fingerprint density at radius 3 is 2.73 bits per heavy atom. The van der Waals surface area contributed by atoms with Crippen LogP contribution in [-0.4, -0.2) is 81.4 Å². The van der Waals surface area contributed by atoms with Gasteiger partial charge in [-0.1, -0.05) is 31.5 Å². The third kappa shape index (κ3) is 7.24. The molecule has 1 fully saturated rings. The van der Waals surface area contributed by atoms with Crippen molar-refractivity contribution in [2.45, 2.75) is 32.9 Å². The largest absolute Gasteiger partial charge is 0.490 e. The van der Waals surface area contributed by atoms with E-state index in [1.54, 1.807) is 7.05 Å². The number of nitrogens with one attached hydrogen (secondary N) is 1. The third-order valence-corrected chi connectivity index (χ3v) is 6.16. The summed E-state index contributed by atoms with van der Waals surface area (Å²) >= 11 is 6.24. The van der Waals surface area contributed by atoms with Gasteiger partial charge in [0, 0.05) is 52.7 Å². The average Bonchev–Trinajstić information content (AvgIpc) is 3.06. The lowest BCUT2D eigenvalue weighted by atomic mass is 10.1. The SMILES string of the molecule is CN/C(Cl)=C(\CN)CN1CCOC(C(=O)N(Cc2ccc3c(c2)OCCCO3)CC(C)C)C1. The summed E-state index contributed by atoms with van der Waals surface area (Å²) in [5.41, 5.74) is 7.80. The lowest BCUT2D eigenvalue weighted by molar-refractivity contribution is -0.150. The van der Waals surface area contributed by atoms with Crippen molar-refractivity contribution in [1.29, 1.82) is 0 Å². The van der Waals surface area contributed by atoms with Gasteiger partial charge in [-0.05, 0) is 29.2 Å². The van der Waals surface area contributed by atoms with E-state index in [2.05, 4.69) is 24.1 Å². The molecule has 2 aliphatic heterocycles. The summed E-state index contributed by atoms with van der Waals surface area (Å²) in [4.78, 5) is 17.6. The second-order valence-electron chi connectivity index (χ2n) is 8.91. The van der Waals surface area contributed by atoms with Gasteiger partial charge in [-0.3, -0.25) is 9.69 Å². The molecule has 2 heterocycles. The van der Waals surface area contributed by atoms with E-state index >= 15 is 0 Å². The molecule has 2 aliphatic rings. The maximum atomic E-state index is 13.5. The Hall–Kier alpha value is -2.00. The molecule has 8 nitrogen and oxygen atoms in total. The van der Waals surface area contributed by atoms with Crippen molar-refractivity contribution in [2.24, 2.45) is 11.7 Å². The molecule has 0 bridgehead atoms. The van der Waals surface area contributed by atoms with E-state index in [-0.39, 0.29) is 5.91 Å². The third-order valence-electron chi connectivity index (χ3n) is 5.70. The number of benzene rings is 1. The monoisotopic (exact) mass is 480 g/mol. The van der Waals surface area contributed by atoms with Gasteiger partial charge in [0.2, 0.25) is 0 Å². The van der Waals surface area contributed by atoms with Crippen LogP contribution in [0.25, 0.3) is 0 Å². The van der Waals surface area contributed by atoms with Crippen LogP contribution in [0.15, 0.2) is 28.9 Å². The Morgan fingerprint density at radius 2 is 2.03 bits per heavy atom. The van der Waals surface area contributed by atoms with Crippen molar-refractivity contribution >= 4 is 17.5 Å². The van der Waals surface area contributed by atoms with Crippen LogP contribution in [0.4, 0.5) is 0 Å². The van der Waals surface area contributed by atoms with Crippen LogP contribution in [-0.2, 0) is 16.1 Å². The fraction of sp³-hybridized carbons (Fsp3) is 0.625. The molecule has 1 aromatic rings. The quantitative estimate of drug-likeness (QED) is 0.523. The van der Waals surface area contributed by atoms with Crippen molar-refractivity contribution in [1.82, 2.24) is 15.1 Å². The van der Waals surface area contributed by atoms with E-state index in [9.17, 15) is 4.79 Å². The maximum Gasteiger partial charge on any atom is 0.253 e. The first-order valence-corrected chi connectivity index (χ1v) is 12.1. The molecule has 1 amide bonds. The number of amides is 1. The van der Waals surface area contributed by atoms with Gasteiger partial charge in [0.25, 0.3) is 5.91 Å². The van der Waals surface area contributed by atoms with Crippen LogP contribution >= 0.6 is 11.6 Å². The summed E-state index contributed by atoms with van der Waals surface area (Å²) < 4.78 is 17.5. The van der Waals surface area contributed by atoms with E-state index in [4.69, 9.17) is 31.5 Å². The molecular formula is C24H37ClN4O4. The average molecular weight is 481 g/mol. The molecule has 184 valence electrons. The topological polar surface area (TPSA) is 89.3 Å². The number of carbonyl (C=O) groups excluding carboxylic acids is 1. The van der Waals surface area contributed by atoms with Gasteiger partial charge < -0.3 is 30.2 Å². The van der Waals surface area contributed by atoms with Crippen molar-refractivity contribution < 1.29 is 19.0 Å². The minimum absolute atomic E-state index is 0.00139. The van der Waals surface area contributed by atoms with E-state index in [0.29, 0.717) is 63.6 Å². The number of halogens is 1. The fourth-order valence-electron chi connectivity index (χ4n) is 4.07. The van der Waals surface area contributed by atoms with E-state index < -0.39 is 6.10 Å². The van der Waals surface area contributed by atoms with Crippen LogP contribution < -0.4 is 20.5 Å². The van der Waals surface area contributed by atoms with Gasteiger partial charge in [0.15, 0.2) is 11.5 Å². The van der Waals surface area contributed by atoms with Crippen molar-refractivity contribution in [3.05, 3.63) is 34.5 Å². The lowest BCUT2D eigenvalue weighted by Crippen LogP contribution is -2.52. The summed E-state index contributed by atoms with van der Waals surface area (Å²) in [6, 6.07) is 5.91. The van der Waals surface area contributed by atoms with Crippen LogP contribution in [0.2, 0.25) is 0 Å². The molecule has 0 radical (unpaired) electrons. The molecule has 1 atom stereocenters.